The highest BCUT2D eigenvalue weighted by molar-refractivity contribution is 7.47. The summed E-state index contributed by atoms with van der Waals surface area (Å²) in [6.45, 7) is 1.28. The van der Waals surface area contributed by atoms with Crippen LogP contribution in [0.3, 0.4) is 0 Å². The lowest BCUT2D eigenvalue weighted by atomic mass is 10.1. The van der Waals surface area contributed by atoms with E-state index in [9.17, 15) is 33.8 Å². The van der Waals surface area contributed by atoms with E-state index in [0.717, 1.165) is 64.2 Å². The van der Waals surface area contributed by atoms with Gasteiger partial charge in [-0.05, 0) is 96.3 Å². The molecule has 0 aliphatic rings. The molecular formula is C48H78O14P2. The molecule has 0 bridgehead atoms. The van der Waals surface area contributed by atoms with Gasteiger partial charge in [-0.1, -0.05) is 136 Å². The largest absolute Gasteiger partial charge is 0.472 e. The van der Waals surface area contributed by atoms with E-state index in [1.807, 2.05) is 43.4 Å². The lowest BCUT2D eigenvalue weighted by Gasteiger charge is -2.20. The van der Waals surface area contributed by atoms with Crippen LogP contribution in [0.1, 0.15) is 136 Å². The molecule has 1 unspecified atom stereocenters. The lowest BCUT2D eigenvalue weighted by Crippen LogP contribution is -2.29. The number of esters is 2. The molecule has 364 valence electrons. The summed E-state index contributed by atoms with van der Waals surface area (Å²) in [6.07, 6.45) is 49.0. The summed E-state index contributed by atoms with van der Waals surface area (Å²) < 4.78 is 47.6. The van der Waals surface area contributed by atoms with Gasteiger partial charge < -0.3 is 34.4 Å². The molecule has 0 aliphatic carbocycles. The molecule has 0 saturated heterocycles. The van der Waals surface area contributed by atoms with Crippen molar-refractivity contribution in [1.82, 2.24) is 0 Å². The van der Waals surface area contributed by atoms with Crippen LogP contribution in [-0.4, -0.2) is 81.6 Å². The second kappa shape index (κ2) is 42.4. The Morgan fingerprint density at radius 2 is 0.922 bits per heavy atom. The van der Waals surface area contributed by atoms with Crippen LogP contribution < -0.4 is 0 Å². The Morgan fingerprint density at radius 1 is 0.484 bits per heavy atom. The molecule has 0 aromatic carbocycles. The van der Waals surface area contributed by atoms with Crippen LogP contribution in [0.2, 0.25) is 0 Å². The topological polar surface area (TPSA) is 216 Å². The van der Waals surface area contributed by atoms with Crippen LogP contribution in [0.5, 0.6) is 0 Å². The molecule has 0 aromatic heterocycles. The number of unbranched alkanes of at least 4 members (excludes halogenated alkanes) is 4. The Hall–Kier alpha value is -3.26. The zero-order chi connectivity index (χ0) is 47.4. The Balaban J connectivity index is 4.74. The minimum Gasteiger partial charge on any atom is -0.462 e. The van der Waals surface area contributed by atoms with Gasteiger partial charge in [-0.15, -0.1) is 0 Å². The van der Waals surface area contributed by atoms with Crippen LogP contribution in [0.25, 0.3) is 0 Å². The van der Waals surface area contributed by atoms with E-state index in [4.69, 9.17) is 23.8 Å². The Morgan fingerprint density at radius 3 is 1.41 bits per heavy atom. The van der Waals surface area contributed by atoms with Gasteiger partial charge in [-0.25, -0.2) is 9.13 Å². The number of aliphatic hydroxyl groups excluding tert-OH is 2. The number of phosphoric ester groups is 2. The van der Waals surface area contributed by atoms with E-state index in [0.29, 0.717) is 25.7 Å². The number of allylic oxidation sites excluding steroid dienone is 18. The van der Waals surface area contributed by atoms with Crippen molar-refractivity contribution in [1.29, 1.82) is 0 Å². The molecule has 5 N–H and O–H groups in total. The standard InChI is InChI=1S/C48H78O14P2/c1-3-5-6-7-8-9-10-11-12-13-14-15-16-20-23-26-29-32-35-38-47(51)58-42-46(43-61-64(56,57)60-41-45(50)40-59-63(53,54)55)62-48(52)39-36-33-30-27-24-21-18-17-19-22-25-28-31-34-37-44(49)4-2/h8-9,11-12,14-15,18-23,27-32,44-46,49-50H,3-7,10,13,16-17,24-26,33-43H2,1-2H3,(H,56,57)(H2,53,54,55)/b9-8-,12-11-,15-14-,21-18-,22-19-,23-20-,30-27-,31-28-,32-29-/t44-,45+,46-/m1/s1. The first kappa shape index (κ1) is 60.7. The van der Waals surface area contributed by atoms with E-state index in [2.05, 4.69) is 88.9 Å². The fourth-order valence-electron chi connectivity index (χ4n) is 5.18. The van der Waals surface area contributed by atoms with E-state index in [1.54, 1.807) is 0 Å². The summed E-state index contributed by atoms with van der Waals surface area (Å²) in [5.41, 5.74) is 0. The molecule has 0 aliphatic heterocycles. The van der Waals surface area contributed by atoms with Crippen LogP contribution in [0, 0.1) is 0 Å². The van der Waals surface area contributed by atoms with Crippen molar-refractivity contribution in [2.75, 3.05) is 26.4 Å². The molecule has 0 saturated carbocycles. The third-order valence-corrected chi connectivity index (χ3v) is 10.2. The Labute approximate surface area is 383 Å². The van der Waals surface area contributed by atoms with Crippen LogP contribution in [0.4, 0.5) is 0 Å². The van der Waals surface area contributed by atoms with Crippen molar-refractivity contribution in [3.05, 3.63) is 109 Å². The first-order valence-corrected chi connectivity index (χ1v) is 25.7. The summed E-state index contributed by atoms with van der Waals surface area (Å²) in [4.78, 5) is 52.7. The normalized spacial score (nSPS) is 15.4. The number of hydrogen-bond donors (Lipinski definition) is 5. The summed E-state index contributed by atoms with van der Waals surface area (Å²) >= 11 is 0. The third kappa shape index (κ3) is 45.3. The molecule has 14 nitrogen and oxygen atoms in total. The summed E-state index contributed by atoms with van der Waals surface area (Å²) in [7, 11) is -9.74. The lowest BCUT2D eigenvalue weighted by molar-refractivity contribution is -0.161. The molecule has 16 heteroatoms. The number of carbonyl (C=O) groups is 2. The van der Waals surface area contributed by atoms with E-state index in [1.165, 1.54) is 19.3 Å². The third-order valence-electron chi connectivity index (χ3n) is 8.80. The second-order valence-electron chi connectivity index (χ2n) is 14.8. The van der Waals surface area contributed by atoms with Gasteiger partial charge in [0.2, 0.25) is 0 Å². The average molecular weight is 941 g/mol. The minimum atomic E-state index is -4.89. The van der Waals surface area contributed by atoms with Gasteiger partial charge in [-0.3, -0.25) is 23.2 Å². The molecule has 64 heavy (non-hydrogen) atoms. The summed E-state index contributed by atoms with van der Waals surface area (Å²) in [6, 6.07) is 0. The van der Waals surface area contributed by atoms with Gasteiger partial charge in [-0.2, -0.15) is 0 Å². The zero-order valence-corrected chi connectivity index (χ0v) is 40.0. The minimum absolute atomic E-state index is 0.0202. The maximum absolute atomic E-state index is 12.7. The van der Waals surface area contributed by atoms with Gasteiger partial charge in [0.15, 0.2) is 6.10 Å². The summed E-state index contributed by atoms with van der Waals surface area (Å²) in [5.74, 6) is -1.22. The molecule has 0 radical (unpaired) electrons. The van der Waals surface area contributed by atoms with Gasteiger partial charge >= 0.3 is 27.6 Å². The van der Waals surface area contributed by atoms with E-state index < -0.39 is 66.2 Å². The number of phosphoric acid groups is 2. The molecule has 0 heterocycles. The SMILES string of the molecule is CCCCC/C=C\C/C=C\C/C=C\C/C=C\C/C=C\CCC(=O)OC[C@H](COP(=O)(O)OC[C@@H](O)COP(=O)(O)O)OC(=O)CCC/C=C\C/C=C\C/C=C\C/C=C\CC[C@H](O)CC. The highest BCUT2D eigenvalue weighted by Gasteiger charge is 2.28. The number of hydrogen-bond acceptors (Lipinski definition) is 11. The molecule has 0 spiro atoms. The highest BCUT2D eigenvalue weighted by atomic mass is 31.2. The van der Waals surface area contributed by atoms with Crippen molar-refractivity contribution in [3.8, 4) is 0 Å². The van der Waals surface area contributed by atoms with Crippen LogP contribution in [-0.2, 0) is 41.8 Å². The van der Waals surface area contributed by atoms with Crippen LogP contribution in [0.15, 0.2) is 109 Å². The second-order valence-corrected chi connectivity index (χ2v) is 17.4. The summed E-state index contributed by atoms with van der Waals surface area (Å²) in [5, 5.41) is 19.3. The predicted molar refractivity (Wildman–Crippen MR) is 254 cm³/mol. The Bertz CT molecular complexity index is 1560. The number of carbonyl (C=O) groups excluding carboxylic acids is 2. The Kier molecular flexibility index (Phi) is 40.2. The van der Waals surface area contributed by atoms with E-state index >= 15 is 0 Å². The monoisotopic (exact) mass is 940 g/mol. The molecule has 0 rings (SSSR count). The van der Waals surface area contributed by atoms with Crippen LogP contribution >= 0.6 is 15.6 Å². The average Bonchev–Trinajstić information content (AvgIpc) is 3.26. The van der Waals surface area contributed by atoms with Gasteiger partial charge in [0.05, 0.1) is 25.9 Å². The molecule has 0 amide bonds. The fourth-order valence-corrected chi connectivity index (χ4v) is 6.34. The molecular weight excluding hydrogens is 862 g/mol. The molecule has 0 fully saturated rings. The molecule has 4 atom stereocenters. The number of ether oxygens (including phenoxy) is 2. The van der Waals surface area contributed by atoms with Gasteiger partial charge in [0.1, 0.15) is 12.7 Å². The van der Waals surface area contributed by atoms with Crippen molar-refractivity contribution in [2.45, 2.75) is 154 Å². The molecule has 0 aromatic rings. The van der Waals surface area contributed by atoms with Crippen molar-refractivity contribution in [3.63, 3.8) is 0 Å². The maximum atomic E-state index is 12.7. The number of rotatable bonds is 41. The predicted octanol–water partition coefficient (Wildman–Crippen LogP) is 10.9. The van der Waals surface area contributed by atoms with Gasteiger partial charge in [0.25, 0.3) is 0 Å². The van der Waals surface area contributed by atoms with Crippen molar-refractivity contribution >= 4 is 27.6 Å². The van der Waals surface area contributed by atoms with E-state index in [-0.39, 0.29) is 18.9 Å². The fraction of sp³-hybridized carbons (Fsp3) is 0.583. The van der Waals surface area contributed by atoms with Gasteiger partial charge in [0, 0.05) is 12.8 Å². The first-order valence-electron chi connectivity index (χ1n) is 22.7. The quantitative estimate of drug-likeness (QED) is 0.0167. The van der Waals surface area contributed by atoms with Crippen molar-refractivity contribution in [2.24, 2.45) is 0 Å². The van der Waals surface area contributed by atoms with Crippen molar-refractivity contribution < 1.29 is 66.7 Å². The maximum Gasteiger partial charge on any atom is 0.472 e. The zero-order valence-electron chi connectivity index (χ0n) is 38.2. The first-order chi connectivity index (χ1) is 30.8. The smallest absolute Gasteiger partial charge is 0.462 e. The highest BCUT2D eigenvalue weighted by Crippen LogP contribution is 2.43. The number of aliphatic hydroxyl groups is 2.